The number of aliphatic hydroxyl groups excluding tert-OH is 1. The van der Waals surface area contributed by atoms with Gasteiger partial charge in [0.15, 0.2) is 11.6 Å². The van der Waals surface area contributed by atoms with Crippen LogP contribution in [0.25, 0.3) is 0 Å². The fraction of sp³-hybridized carbons (Fsp3) is 0.500. The largest absolute Gasteiger partial charge is 0.446 e. The molecule has 0 saturated carbocycles. The third kappa shape index (κ3) is 5.26. The van der Waals surface area contributed by atoms with E-state index in [0.717, 1.165) is 10.5 Å². The van der Waals surface area contributed by atoms with Gasteiger partial charge in [0.2, 0.25) is 5.91 Å². The van der Waals surface area contributed by atoms with Gasteiger partial charge in [-0.05, 0) is 34.0 Å². The lowest BCUT2D eigenvalue weighted by molar-refractivity contribution is -0.217. The Bertz CT molecular complexity index is 876. The predicted molar refractivity (Wildman–Crippen MR) is 116 cm³/mol. The van der Waals surface area contributed by atoms with E-state index in [1.54, 1.807) is 24.3 Å². The number of nitrogens with zero attached hydrogens (tertiary/aromatic N) is 1. The van der Waals surface area contributed by atoms with Crippen molar-refractivity contribution in [2.45, 2.75) is 37.7 Å². The Kier molecular flexibility index (Phi) is 8.18. The molecule has 2 aliphatic rings. The zero-order valence-electron chi connectivity index (χ0n) is 17.6. The van der Waals surface area contributed by atoms with E-state index in [4.69, 9.17) is 19.3 Å². The van der Waals surface area contributed by atoms with E-state index in [9.17, 15) is 19.5 Å². The standard InChI is InChI=1S/C22H26BrNO8/c1-14(20(27)24-16(13-31-21(24)28)15-6-3-2-4-7-15)19-17(26)12-18(23)22(29,32-19)8-5-10-30-11-9-25/h2-4,6-7,12,14,16,19,25,29H,5,8-11,13H2,1H3. The Morgan fingerprint density at radius 3 is 2.72 bits per heavy atom. The second-order valence-corrected chi connectivity index (χ2v) is 8.51. The fourth-order valence-electron chi connectivity index (χ4n) is 3.69. The number of imide groups is 1. The summed E-state index contributed by atoms with van der Waals surface area (Å²) >= 11 is 3.18. The van der Waals surface area contributed by atoms with Crippen molar-refractivity contribution in [2.75, 3.05) is 26.4 Å². The number of carbonyl (C=O) groups excluding carboxylic acids is 3. The van der Waals surface area contributed by atoms with Crippen molar-refractivity contribution in [3.8, 4) is 0 Å². The van der Waals surface area contributed by atoms with Crippen LogP contribution in [0, 0.1) is 5.92 Å². The maximum absolute atomic E-state index is 13.2. The summed E-state index contributed by atoms with van der Waals surface area (Å²) in [6, 6.07) is 8.39. The number of hydrogen-bond donors (Lipinski definition) is 2. The van der Waals surface area contributed by atoms with Crippen LogP contribution in [0.5, 0.6) is 0 Å². The molecule has 0 aliphatic carbocycles. The fourth-order valence-corrected chi connectivity index (χ4v) is 4.20. The molecule has 2 N–H and O–H groups in total. The highest BCUT2D eigenvalue weighted by atomic mass is 79.9. The molecule has 0 aromatic heterocycles. The molecule has 2 heterocycles. The monoisotopic (exact) mass is 511 g/mol. The van der Waals surface area contributed by atoms with Crippen molar-refractivity contribution >= 4 is 33.7 Å². The minimum Gasteiger partial charge on any atom is -0.446 e. The number of aliphatic hydroxyl groups is 2. The van der Waals surface area contributed by atoms with Crippen LogP contribution < -0.4 is 0 Å². The lowest BCUT2D eigenvalue weighted by atomic mass is 9.93. The second-order valence-electron chi connectivity index (χ2n) is 7.66. The quantitative estimate of drug-likeness (QED) is 0.483. The molecule has 1 saturated heterocycles. The smallest absolute Gasteiger partial charge is 0.417 e. The van der Waals surface area contributed by atoms with Crippen LogP contribution >= 0.6 is 15.9 Å². The molecule has 174 valence electrons. The van der Waals surface area contributed by atoms with Crippen LogP contribution in [0.2, 0.25) is 0 Å². The number of carbonyl (C=O) groups is 3. The van der Waals surface area contributed by atoms with Crippen LogP contribution in [-0.4, -0.2) is 71.2 Å². The third-order valence-corrected chi connectivity index (χ3v) is 6.27. The van der Waals surface area contributed by atoms with Gasteiger partial charge in [-0.15, -0.1) is 0 Å². The van der Waals surface area contributed by atoms with E-state index < -0.39 is 41.6 Å². The van der Waals surface area contributed by atoms with Gasteiger partial charge in [0.25, 0.3) is 0 Å². The maximum Gasteiger partial charge on any atom is 0.417 e. The van der Waals surface area contributed by atoms with Crippen molar-refractivity contribution in [1.29, 1.82) is 0 Å². The van der Waals surface area contributed by atoms with Gasteiger partial charge in [-0.3, -0.25) is 9.59 Å². The van der Waals surface area contributed by atoms with Gasteiger partial charge in [-0.1, -0.05) is 37.3 Å². The van der Waals surface area contributed by atoms with E-state index in [2.05, 4.69) is 15.9 Å². The van der Waals surface area contributed by atoms with Gasteiger partial charge in [0.1, 0.15) is 18.8 Å². The summed E-state index contributed by atoms with van der Waals surface area (Å²) in [4.78, 5) is 39.2. The lowest BCUT2D eigenvalue weighted by Gasteiger charge is -2.37. The molecule has 0 radical (unpaired) electrons. The van der Waals surface area contributed by atoms with Gasteiger partial charge in [0.05, 0.1) is 23.6 Å². The first kappa shape index (κ1) is 24.5. The first-order valence-corrected chi connectivity index (χ1v) is 11.1. The first-order chi connectivity index (χ1) is 15.3. The highest BCUT2D eigenvalue weighted by molar-refractivity contribution is 9.11. The van der Waals surface area contributed by atoms with E-state index in [0.29, 0.717) is 6.42 Å². The molecule has 3 rings (SSSR count). The summed E-state index contributed by atoms with van der Waals surface area (Å²) in [5.74, 6) is -3.99. The molecule has 32 heavy (non-hydrogen) atoms. The number of benzene rings is 1. The van der Waals surface area contributed by atoms with Crippen LogP contribution in [0.3, 0.4) is 0 Å². The Morgan fingerprint density at radius 2 is 2.03 bits per heavy atom. The second kappa shape index (κ2) is 10.7. The minimum absolute atomic E-state index is 0.0179. The topological polar surface area (TPSA) is 123 Å². The molecule has 2 amide bonds. The lowest BCUT2D eigenvalue weighted by Crippen LogP contribution is -2.51. The average Bonchev–Trinajstić information content (AvgIpc) is 3.17. The zero-order chi connectivity index (χ0) is 23.3. The SMILES string of the molecule is CC(C(=O)N1C(=O)OCC1c1ccccc1)C1OC(O)(CCCOCCO)C(Br)=CC1=O. The Labute approximate surface area is 194 Å². The molecular formula is C22H26BrNO8. The third-order valence-electron chi connectivity index (χ3n) is 5.42. The number of hydrogen-bond acceptors (Lipinski definition) is 8. The van der Waals surface area contributed by atoms with Gasteiger partial charge in [0, 0.05) is 13.0 Å². The van der Waals surface area contributed by atoms with Crippen LogP contribution in [0.15, 0.2) is 40.9 Å². The number of halogens is 1. The number of ketones is 1. The normalized spacial score (nSPS) is 26.6. The molecule has 0 spiro atoms. The van der Waals surface area contributed by atoms with Crippen molar-refractivity contribution in [2.24, 2.45) is 5.92 Å². The van der Waals surface area contributed by atoms with Gasteiger partial charge in [-0.2, -0.15) is 0 Å². The summed E-state index contributed by atoms with van der Waals surface area (Å²) in [6.07, 6.45) is -0.386. The maximum atomic E-state index is 13.2. The number of cyclic esters (lactones) is 1. The molecule has 2 aliphatic heterocycles. The molecule has 9 nitrogen and oxygen atoms in total. The van der Waals surface area contributed by atoms with Crippen LogP contribution in [-0.2, 0) is 23.8 Å². The first-order valence-electron chi connectivity index (χ1n) is 10.3. The number of rotatable bonds is 9. The zero-order valence-corrected chi connectivity index (χ0v) is 19.2. The number of ether oxygens (including phenoxy) is 3. The van der Waals surface area contributed by atoms with Gasteiger partial charge >= 0.3 is 6.09 Å². The average molecular weight is 512 g/mol. The number of amides is 2. The van der Waals surface area contributed by atoms with Crippen LogP contribution in [0.4, 0.5) is 4.79 Å². The van der Waals surface area contributed by atoms with Crippen LogP contribution in [0.1, 0.15) is 31.4 Å². The molecule has 1 aromatic carbocycles. The van der Waals surface area contributed by atoms with E-state index >= 15 is 0 Å². The van der Waals surface area contributed by atoms with Crippen molar-refractivity contribution in [3.05, 3.63) is 46.5 Å². The highest BCUT2D eigenvalue weighted by Crippen LogP contribution is 2.37. The molecule has 4 atom stereocenters. The summed E-state index contributed by atoms with van der Waals surface area (Å²) in [6.45, 7) is 1.85. The van der Waals surface area contributed by atoms with Crippen molar-refractivity contribution < 1.29 is 38.8 Å². The molecule has 0 bridgehead atoms. The predicted octanol–water partition coefficient (Wildman–Crippen LogP) is 2.07. The Balaban J connectivity index is 1.74. The Morgan fingerprint density at radius 1 is 1.31 bits per heavy atom. The molecule has 4 unspecified atom stereocenters. The van der Waals surface area contributed by atoms with E-state index in [1.807, 2.05) is 6.07 Å². The molecule has 1 aromatic rings. The summed E-state index contributed by atoms with van der Waals surface area (Å²) in [5, 5.41) is 19.7. The van der Waals surface area contributed by atoms with Crippen molar-refractivity contribution in [1.82, 2.24) is 4.90 Å². The summed E-state index contributed by atoms with van der Waals surface area (Å²) in [5.41, 5.74) is 0.733. The van der Waals surface area contributed by atoms with Crippen molar-refractivity contribution in [3.63, 3.8) is 0 Å². The van der Waals surface area contributed by atoms with E-state index in [-0.39, 0.29) is 37.3 Å². The molecule has 1 fully saturated rings. The summed E-state index contributed by atoms with van der Waals surface area (Å²) < 4.78 is 16.2. The van der Waals surface area contributed by atoms with E-state index in [1.165, 1.54) is 13.0 Å². The molecule has 10 heteroatoms. The highest BCUT2D eigenvalue weighted by Gasteiger charge is 2.48. The van der Waals surface area contributed by atoms with Gasteiger partial charge in [-0.25, -0.2) is 9.69 Å². The molecular weight excluding hydrogens is 486 g/mol. The Hall–Kier alpha value is -2.11. The van der Waals surface area contributed by atoms with Gasteiger partial charge < -0.3 is 24.4 Å². The summed E-state index contributed by atoms with van der Waals surface area (Å²) in [7, 11) is 0. The minimum atomic E-state index is -1.82.